The number of primary amides is 1. The van der Waals surface area contributed by atoms with Crippen LogP contribution >= 0.6 is 0 Å². The van der Waals surface area contributed by atoms with Crippen LogP contribution in [0.2, 0.25) is 0 Å². The molecule has 9 heteroatoms. The Morgan fingerprint density at radius 1 is 1.06 bits per heavy atom. The van der Waals surface area contributed by atoms with Gasteiger partial charge < -0.3 is 21.7 Å². The van der Waals surface area contributed by atoms with Gasteiger partial charge in [-0.1, -0.05) is 68.5 Å². The van der Waals surface area contributed by atoms with Crippen LogP contribution in [0.3, 0.4) is 0 Å². The van der Waals surface area contributed by atoms with E-state index < -0.39 is 36.0 Å². The lowest BCUT2D eigenvalue weighted by atomic mass is 10.0. The lowest BCUT2D eigenvalue weighted by Crippen LogP contribution is -2.57. The minimum absolute atomic E-state index is 0.122. The second kappa shape index (κ2) is 14.8. The molecule has 1 heterocycles. The molecular formula is C27H39N5O4. The number of nitrogens with one attached hydrogen (secondary N) is 4. The smallest absolute Gasteiger partial charge is 0.243 e. The predicted octanol–water partition coefficient (Wildman–Crippen LogP) is 1.10. The van der Waals surface area contributed by atoms with E-state index >= 15 is 0 Å². The van der Waals surface area contributed by atoms with Gasteiger partial charge in [0.2, 0.25) is 23.6 Å². The monoisotopic (exact) mass is 497 g/mol. The number of carbonyl (C=O) groups is 4. The van der Waals surface area contributed by atoms with Crippen LogP contribution in [0.4, 0.5) is 0 Å². The Morgan fingerprint density at radius 2 is 1.75 bits per heavy atom. The molecule has 4 unspecified atom stereocenters. The Labute approximate surface area is 213 Å². The van der Waals surface area contributed by atoms with Crippen molar-refractivity contribution in [2.45, 2.75) is 70.6 Å². The highest BCUT2D eigenvalue weighted by molar-refractivity contribution is 5.94. The van der Waals surface area contributed by atoms with Crippen molar-refractivity contribution in [1.82, 2.24) is 21.3 Å². The number of carbonyl (C=O) groups excluding carboxylic acids is 4. The molecule has 1 aromatic carbocycles. The maximum atomic E-state index is 13.3. The zero-order chi connectivity index (χ0) is 26.5. The molecule has 0 spiro atoms. The molecule has 0 bridgehead atoms. The molecule has 4 atom stereocenters. The third-order valence-electron chi connectivity index (χ3n) is 5.78. The summed E-state index contributed by atoms with van der Waals surface area (Å²) in [7, 11) is 0. The van der Waals surface area contributed by atoms with Crippen molar-refractivity contribution in [3.8, 4) is 0 Å². The van der Waals surface area contributed by atoms with E-state index in [2.05, 4.69) is 21.3 Å². The van der Waals surface area contributed by atoms with Crippen LogP contribution in [0.25, 0.3) is 0 Å². The first-order valence-electron chi connectivity index (χ1n) is 12.5. The number of hydrogen-bond acceptors (Lipinski definition) is 5. The van der Waals surface area contributed by atoms with Gasteiger partial charge in [-0.15, -0.1) is 0 Å². The SMILES string of the molecule is C/C=C/C(CCC(N)=O)NC(=O)C(Cc1ccccc1)NC(=O)C(CC(C)C)NC(=O)C1C=CCN1. The fraction of sp³-hybridized carbons (Fsp3) is 0.481. The third-order valence-corrected chi connectivity index (χ3v) is 5.78. The Bertz CT molecular complexity index is 945. The number of allylic oxidation sites excluding steroid dienone is 1. The van der Waals surface area contributed by atoms with E-state index in [-0.39, 0.29) is 30.6 Å². The van der Waals surface area contributed by atoms with Crippen LogP contribution in [0.5, 0.6) is 0 Å². The lowest BCUT2D eigenvalue weighted by Gasteiger charge is -2.26. The molecule has 0 aliphatic carbocycles. The summed E-state index contributed by atoms with van der Waals surface area (Å²) in [4.78, 5) is 50.6. The van der Waals surface area contributed by atoms with Gasteiger partial charge in [0, 0.05) is 25.4 Å². The van der Waals surface area contributed by atoms with Crippen molar-refractivity contribution in [3.05, 3.63) is 60.2 Å². The average Bonchev–Trinajstić information content (AvgIpc) is 3.37. The van der Waals surface area contributed by atoms with Gasteiger partial charge in [0.1, 0.15) is 18.1 Å². The Kier molecular flexibility index (Phi) is 11.9. The van der Waals surface area contributed by atoms with Gasteiger partial charge in [-0.05, 0) is 31.2 Å². The highest BCUT2D eigenvalue weighted by Crippen LogP contribution is 2.10. The fourth-order valence-electron chi connectivity index (χ4n) is 3.97. The Balaban J connectivity index is 2.18. The van der Waals surface area contributed by atoms with Gasteiger partial charge in [0.05, 0.1) is 0 Å². The molecule has 1 aliphatic rings. The van der Waals surface area contributed by atoms with E-state index in [0.29, 0.717) is 19.4 Å². The summed E-state index contributed by atoms with van der Waals surface area (Å²) in [6, 6.07) is 6.82. The Morgan fingerprint density at radius 3 is 2.33 bits per heavy atom. The van der Waals surface area contributed by atoms with Gasteiger partial charge in [0.25, 0.3) is 0 Å². The maximum absolute atomic E-state index is 13.3. The first-order valence-corrected chi connectivity index (χ1v) is 12.5. The molecule has 0 aromatic heterocycles. The van der Waals surface area contributed by atoms with Crippen molar-refractivity contribution in [3.63, 3.8) is 0 Å². The zero-order valence-electron chi connectivity index (χ0n) is 21.3. The summed E-state index contributed by atoms with van der Waals surface area (Å²) >= 11 is 0. The topological polar surface area (TPSA) is 142 Å². The molecule has 0 fully saturated rings. The molecule has 0 saturated carbocycles. The van der Waals surface area contributed by atoms with Crippen LogP contribution in [-0.4, -0.2) is 54.3 Å². The molecule has 0 saturated heterocycles. The van der Waals surface area contributed by atoms with E-state index in [1.54, 1.807) is 18.2 Å². The van der Waals surface area contributed by atoms with E-state index in [1.807, 2.05) is 57.2 Å². The van der Waals surface area contributed by atoms with Crippen LogP contribution in [0.1, 0.15) is 45.6 Å². The molecule has 2 rings (SSSR count). The van der Waals surface area contributed by atoms with Crippen molar-refractivity contribution in [2.75, 3.05) is 6.54 Å². The number of rotatable bonds is 14. The number of amides is 4. The number of hydrogen-bond donors (Lipinski definition) is 5. The first kappa shape index (κ1) is 28.8. The van der Waals surface area contributed by atoms with Gasteiger partial charge in [0.15, 0.2) is 0 Å². The highest BCUT2D eigenvalue weighted by Gasteiger charge is 2.30. The van der Waals surface area contributed by atoms with Crippen LogP contribution < -0.4 is 27.0 Å². The Hall–Kier alpha value is -3.46. The molecular weight excluding hydrogens is 458 g/mol. The first-order chi connectivity index (χ1) is 17.2. The largest absolute Gasteiger partial charge is 0.370 e. The quantitative estimate of drug-likeness (QED) is 0.245. The maximum Gasteiger partial charge on any atom is 0.243 e. The van der Waals surface area contributed by atoms with E-state index in [1.165, 1.54) is 0 Å². The standard InChI is InChI=1S/C27H39N5O4/c1-4-9-20(13-14-24(28)33)30-26(35)23(17-19-10-6-5-7-11-19)32-27(36)22(16-18(2)3)31-25(34)21-12-8-15-29-21/h4-12,18,20-23,29H,13-17H2,1-3H3,(H2,28,33)(H,30,35)(H,31,34)(H,32,36)/b9-4+. The van der Waals surface area contributed by atoms with E-state index in [9.17, 15) is 19.2 Å². The third kappa shape index (κ3) is 10.0. The molecule has 1 aromatic rings. The second-order valence-electron chi connectivity index (χ2n) is 9.40. The minimum Gasteiger partial charge on any atom is -0.370 e. The van der Waals surface area contributed by atoms with Gasteiger partial charge >= 0.3 is 0 Å². The lowest BCUT2D eigenvalue weighted by molar-refractivity contribution is -0.132. The molecule has 36 heavy (non-hydrogen) atoms. The van der Waals surface area contributed by atoms with Gasteiger partial charge in [-0.2, -0.15) is 0 Å². The average molecular weight is 498 g/mol. The van der Waals surface area contributed by atoms with E-state index in [4.69, 9.17) is 5.73 Å². The molecule has 1 aliphatic heterocycles. The molecule has 196 valence electrons. The van der Waals surface area contributed by atoms with Crippen LogP contribution in [0.15, 0.2) is 54.6 Å². The summed E-state index contributed by atoms with van der Waals surface area (Å²) in [5.74, 6) is -1.40. The van der Waals surface area contributed by atoms with Crippen LogP contribution in [-0.2, 0) is 25.6 Å². The van der Waals surface area contributed by atoms with Crippen molar-refractivity contribution >= 4 is 23.6 Å². The fourth-order valence-corrected chi connectivity index (χ4v) is 3.97. The normalized spacial score (nSPS) is 17.5. The number of benzene rings is 1. The molecule has 0 radical (unpaired) electrons. The second-order valence-corrected chi connectivity index (χ2v) is 9.40. The summed E-state index contributed by atoms with van der Waals surface area (Å²) < 4.78 is 0. The zero-order valence-corrected chi connectivity index (χ0v) is 21.3. The van der Waals surface area contributed by atoms with Gasteiger partial charge in [-0.25, -0.2) is 0 Å². The summed E-state index contributed by atoms with van der Waals surface area (Å²) in [5, 5.41) is 11.6. The van der Waals surface area contributed by atoms with Gasteiger partial charge in [-0.3, -0.25) is 24.5 Å². The molecule has 9 nitrogen and oxygen atoms in total. The highest BCUT2D eigenvalue weighted by atomic mass is 16.2. The number of nitrogens with two attached hydrogens (primary N) is 1. The molecule has 4 amide bonds. The van der Waals surface area contributed by atoms with Crippen molar-refractivity contribution in [1.29, 1.82) is 0 Å². The van der Waals surface area contributed by atoms with Crippen molar-refractivity contribution in [2.24, 2.45) is 11.7 Å². The predicted molar refractivity (Wildman–Crippen MR) is 140 cm³/mol. The summed E-state index contributed by atoms with van der Waals surface area (Å²) in [5.41, 5.74) is 6.15. The minimum atomic E-state index is -0.878. The van der Waals surface area contributed by atoms with E-state index in [0.717, 1.165) is 5.56 Å². The summed E-state index contributed by atoms with van der Waals surface area (Å²) in [6.07, 6.45) is 8.37. The summed E-state index contributed by atoms with van der Waals surface area (Å²) in [6.45, 7) is 6.35. The van der Waals surface area contributed by atoms with Crippen molar-refractivity contribution < 1.29 is 19.2 Å². The molecule has 6 N–H and O–H groups in total. The van der Waals surface area contributed by atoms with Crippen LogP contribution in [0, 0.1) is 5.92 Å².